The molecule has 184 valence electrons. The van der Waals surface area contributed by atoms with Crippen LogP contribution in [-0.4, -0.2) is 63.7 Å². The van der Waals surface area contributed by atoms with Crippen LogP contribution in [0.4, 0.5) is 13.6 Å². The van der Waals surface area contributed by atoms with Gasteiger partial charge in [0.05, 0.1) is 23.2 Å². The number of nitrogens with one attached hydrogen (secondary N) is 1. The Hall–Kier alpha value is -3.54. The van der Waals surface area contributed by atoms with Crippen LogP contribution in [0.15, 0.2) is 53.8 Å². The largest absolute Gasteiger partial charge is 0.332 e. The number of nitrogens with zero attached hydrogens (tertiary/aromatic N) is 5. The van der Waals surface area contributed by atoms with E-state index in [-0.39, 0.29) is 22.4 Å². The van der Waals surface area contributed by atoms with Crippen LogP contribution in [0.25, 0.3) is 16.8 Å². The first kappa shape index (κ1) is 23.2. The van der Waals surface area contributed by atoms with E-state index in [0.717, 1.165) is 15.2 Å². The molecule has 0 spiro atoms. The molecule has 1 aliphatic heterocycles. The fourth-order valence-electron chi connectivity index (χ4n) is 4.62. The van der Waals surface area contributed by atoms with Gasteiger partial charge in [0.2, 0.25) is 0 Å². The minimum atomic E-state index is -3.87. The lowest BCUT2D eigenvalue weighted by Gasteiger charge is -2.17. The molecule has 0 radical (unpaired) electrons. The van der Waals surface area contributed by atoms with Crippen LogP contribution in [0, 0.1) is 12.8 Å². The number of amides is 2. The van der Waals surface area contributed by atoms with E-state index < -0.39 is 29.0 Å². The summed E-state index contributed by atoms with van der Waals surface area (Å²) in [5.41, 5.74) is 3.13. The summed E-state index contributed by atoms with van der Waals surface area (Å²) in [5, 5.41) is 2.25. The van der Waals surface area contributed by atoms with Crippen LogP contribution in [0.2, 0.25) is 0 Å². The van der Waals surface area contributed by atoms with Crippen molar-refractivity contribution < 1.29 is 22.0 Å². The van der Waals surface area contributed by atoms with E-state index in [2.05, 4.69) is 15.3 Å². The number of aryl methyl sites for hydroxylation is 1. The van der Waals surface area contributed by atoms with Crippen molar-refractivity contribution in [2.75, 3.05) is 19.6 Å². The quantitative estimate of drug-likeness (QED) is 0.452. The second kappa shape index (κ2) is 8.59. The molecule has 1 saturated heterocycles. The second-order valence-corrected chi connectivity index (χ2v) is 10.7. The number of imidazole rings is 1. The molecule has 1 aromatic carbocycles. The molecule has 0 bridgehead atoms. The first-order chi connectivity index (χ1) is 16.7. The molecule has 9 nitrogen and oxygen atoms in total. The zero-order valence-corrected chi connectivity index (χ0v) is 19.9. The maximum absolute atomic E-state index is 13.3. The maximum atomic E-state index is 13.3. The smallest absolute Gasteiger partial charge is 0.317 e. The number of likely N-dealkylation sites (tertiary alicyclic amines) is 1. The summed E-state index contributed by atoms with van der Waals surface area (Å²) in [4.78, 5) is 22.8. The number of carbonyl (C=O) groups excluding carboxylic acids is 1. The Morgan fingerprint density at radius 2 is 1.89 bits per heavy atom. The highest BCUT2D eigenvalue weighted by molar-refractivity contribution is 7.90. The molecule has 1 N–H and O–H groups in total. The number of alkyl halides is 2. The number of fused-ring (bicyclic) bond motifs is 3. The summed E-state index contributed by atoms with van der Waals surface area (Å²) in [6.45, 7) is 3.91. The summed E-state index contributed by atoms with van der Waals surface area (Å²) in [6, 6.07) is 7.75. The predicted molar refractivity (Wildman–Crippen MR) is 125 cm³/mol. The molecule has 4 heterocycles. The number of rotatable bonds is 5. The monoisotopic (exact) mass is 502 g/mol. The van der Waals surface area contributed by atoms with Gasteiger partial charge in [-0.2, -0.15) is 0 Å². The summed E-state index contributed by atoms with van der Waals surface area (Å²) in [6.07, 6.45) is 2.07. The van der Waals surface area contributed by atoms with Gasteiger partial charge in [-0.25, -0.2) is 35.9 Å². The fourth-order valence-corrected chi connectivity index (χ4v) is 5.92. The van der Waals surface area contributed by atoms with Crippen molar-refractivity contribution in [2.24, 2.45) is 5.92 Å². The highest BCUT2D eigenvalue weighted by Crippen LogP contribution is 2.34. The number of aromatic nitrogens is 4. The summed E-state index contributed by atoms with van der Waals surface area (Å²) >= 11 is 0. The minimum Gasteiger partial charge on any atom is -0.332 e. The normalized spacial score (nSPS) is 18.7. The van der Waals surface area contributed by atoms with E-state index in [9.17, 15) is 22.0 Å². The van der Waals surface area contributed by atoms with Gasteiger partial charge >= 0.3 is 6.03 Å². The lowest BCUT2D eigenvalue weighted by Crippen LogP contribution is -2.40. The van der Waals surface area contributed by atoms with Crippen LogP contribution >= 0.6 is 0 Å². The average Bonchev–Trinajstić information content (AvgIpc) is 3.53. The Morgan fingerprint density at radius 1 is 1.14 bits per heavy atom. The Labute approximate surface area is 200 Å². The number of benzene rings is 1. The highest BCUT2D eigenvalue weighted by Gasteiger charge is 2.36. The van der Waals surface area contributed by atoms with E-state index in [4.69, 9.17) is 0 Å². The van der Waals surface area contributed by atoms with E-state index >= 15 is 0 Å². The second-order valence-electron chi connectivity index (χ2n) is 8.84. The molecule has 0 saturated carbocycles. The van der Waals surface area contributed by atoms with Gasteiger partial charge in [0.25, 0.3) is 16.4 Å². The molecule has 35 heavy (non-hydrogen) atoms. The zero-order valence-electron chi connectivity index (χ0n) is 19.1. The van der Waals surface area contributed by atoms with Crippen LogP contribution in [0.1, 0.15) is 24.1 Å². The molecule has 2 unspecified atom stereocenters. The van der Waals surface area contributed by atoms with Gasteiger partial charge in [0.1, 0.15) is 0 Å². The van der Waals surface area contributed by atoms with Crippen LogP contribution in [-0.2, 0) is 10.0 Å². The number of hydrogen-bond acceptors (Lipinski definition) is 5. The zero-order chi connectivity index (χ0) is 24.9. The van der Waals surface area contributed by atoms with Crippen LogP contribution < -0.4 is 5.32 Å². The molecule has 2 amide bonds. The van der Waals surface area contributed by atoms with Crippen molar-refractivity contribution in [3.05, 3.63) is 60.2 Å². The fraction of sp³-hybridized carbons (Fsp3) is 0.348. The van der Waals surface area contributed by atoms with E-state index in [1.54, 1.807) is 36.5 Å². The summed E-state index contributed by atoms with van der Waals surface area (Å²) in [7, 11) is -3.87. The maximum Gasteiger partial charge on any atom is 0.317 e. The predicted octanol–water partition coefficient (Wildman–Crippen LogP) is 3.24. The van der Waals surface area contributed by atoms with E-state index in [0.29, 0.717) is 24.3 Å². The highest BCUT2D eigenvalue weighted by atomic mass is 32.2. The Kier molecular flexibility index (Phi) is 5.70. The minimum absolute atomic E-state index is 0.0359. The van der Waals surface area contributed by atoms with Crippen molar-refractivity contribution in [3.8, 4) is 0 Å². The Bertz CT molecular complexity index is 1510. The standard InChI is InChI=1S/C23H24F2N6O3S/c1-14-3-5-16(6-4-14)35(33,34)30-8-7-18-22(30)27-11-21-26-9-19(31(18)21)17-13-29(12-15(17)2)23(32)28-10-20(24)25/h3-9,11,15,17,20H,10,12-13H2,1-2H3,(H,28,32). The van der Waals surface area contributed by atoms with Crippen molar-refractivity contribution >= 4 is 32.9 Å². The third kappa shape index (κ3) is 4.01. The number of carbonyl (C=O) groups is 1. The Balaban J connectivity index is 1.53. The van der Waals surface area contributed by atoms with Crippen LogP contribution in [0.5, 0.6) is 0 Å². The molecule has 5 rings (SSSR count). The summed E-state index contributed by atoms with van der Waals surface area (Å²) < 4.78 is 54.6. The first-order valence-corrected chi connectivity index (χ1v) is 12.6. The van der Waals surface area contributed by atoms with Crippen molar-refractivity contribution in [1.29, 1.82) is 0 Å². The lowest BCUT2D eigenvalue weighted by atomic mass is 9.95. The Morgan fingerprint density at radius 3 is 2.60 bits per heavy atom. The van der Waals surface area contributed by atoms with E-state index in [1.165, 1.54) is 17.3 Å². The van der Waals surface area contributed by atoms with E-state index in [1.807, 2.05) is 18.2 Å². The first-order valence-electron chi connectivity index (χ1n) is 11.1. The number of urea groups is 1. The van der Waals surface area contributed by atoms with Gasteiger partial charge in [-0.1, -0.05) is 24.6 Å². The number of halogens is 2. The molecular weight excluding hydrogens is 478 g/mol. The lowest BCUT2D eigenvalue weighted by molar-refractivity contribution is 0.141. The van der Waals surface area contributed by atoms with Gasteiger partial charge in [0, 0.05) is 37.1 Å². The van der Waals surface area contributed by atoms with Gasteiger partial charge in [-0.3, -0.25) is 4.40 Å². The SMILES string of the molecule is Cc1ccc(S(=O)(=O)n2ccc3c2ncc2ncc(C4CN(C(=O)NCC(F)F)CC4C)n23)cc1. The molecule has 1 fully saturated rings. The molecule has 1 aliphatic rings. The molecule has 0 aliphatic carbocycles. The van der Waals surface area contributed by atoms with Crippen molar-refractivity contribution in [2.45, 2.75) is 31.1 Å². The van der Waals surface area contributed by atoms with Gasteiger partial charge in [-0.05, 0) is 31.0 Å². The summed E-state index contributed by atoms with van der Waals surface area (Å²) in [5.74, 6) is -0.0845. The third-order valence-electron chi connectivity index (χ3n) is 6.43. The van der Waals surface area contributed by atoms with Gasteiger partial charge in [0.15, 0.2) is 11.3 Å². The van der Waals surface area contributed by atoms with Gasteiger partial charge < -0.3 is 10.2 Å². The number of hydrogen-bond donors (Lipinski definition) is 1. The van der Waals surface area contributed by atoms with Crippen molar-refractivity contribution in [3.63, 3.8) is 0 Å². The van der Waals surface area contributed by atoms with Gasteiger partial charge in [-0.15, -0.1) is 0 Å². The molecule has 2 atom stereocenters. The topological polar surface area (TPSA) is 102 Å². The van der Waals surface area contributed by atoms with Crippen LogP contribution in [0.3, 0.4) is 0 Å². The molecule has 12 heteroatoms. The molecule has 3 aromatic heterocycles. The average molecular weight is 503 g/mol. The third-order valence-corrected chi connectivity index (χ3v) is 8.11. The van der Waals surface area contributed by atoms with Crippen molar-refractivity contribution in [1.82, 2.24) is 28.6 Å². The molecule has 4 aromatic rings. The molecular formula is C23H24F2N6O3S.